The van der Waals surface area contributed by atoms with E-state index >= 15 is 0 Å². The second-order valence-electron chi connectivity index (χ2n) is 6.19. The molecule has 1 fully saturated rings. The van der Waals surface area contributed by atoms with Gasteiger partial charge in [-0.05, 0) is 32.4 Å². The van der Waals surface area contributed by atoms with Crippen molar-refractivity contribution in [2.75, 3.05) is 33.2 Å². The van der Waals surface area contributed by atoms with Gasteiger partial charge in [0.15, 0.2) is 0 Å². The van der Waals surface area contributed by atoms with E-state index in [2.05, 4.69) is 24.4 Å². The van der Waals surface area contributed by atoms with Gasteiger partial charge in [-0.25, -0.2) is 0 Å². The fourth-order valence-electron chi connectivity index (χ4n) is 2.84. The fourth-order valence-corrected chi connectivity index (χ4v) is 2.84. The van der Waals surface area contributed by atoms with Gasteiger partial charge in [-0.3, -0.25) is 14.5 Å². The molecule has 126 valence electrons. The molecule has 1 aliphatic rings. The van der Waals surface area contributed by atoms with Crippen molar-refractivity contribution >= 4 is 11.8 Å². The Balaban J connectivity index is 1.65. The Kier molecular flexibility index (Phi) is 6.59. The molecule has 0 radical (unpaired) electrons. The molecule has 1 N–H and O–H groups in total. The van der Waals surface area contributed by atoms with Gasteiger partial charge in [-0.1, -0.05) is 30.3 Å². The monoisotopic (exact) mass is 317 g/mol. The molecule has 0 spiro atoms. The maximum absolute atomic E-state index is 12.0. The molecule has 0 saturated carbocycles. The van der Waals surface area contributed by atoms with Crippen molar-refractivity contribution < 1.29 is 9.59 Å². The van der Waals surface area contributed by atoms with Crippen LogP contribution in [0.2, 0.25) is 0 Å². The third kappa shape index (κ3) is 5.36. The van der Waals surface area contributed by atoms with Crippen LogP contribution in [-0.4, -0.2) is 54.8 Å². The van der Waals surface area contributed by atoms with E-state index in [1.54, 1.807) is 0 Å². The summed E-state index contributed by atoms with van der Waals surface area (Å²) in [5, 5.41) is 2.94. The molecule has 1 heterocycles. The van der Waals surface area contributed by atoms with Gasteiger partial charge in [0.1, 0.15) is 0 Å². The lowest BCUT2D eigenvalue weighted by molar-refractivity contribution is -0.127. The van der Waals surface area contributed by atoms with E-state index in [0.29, 0.717) is 19.5 Å². The molecule has 5 nitrogen and oxygen atoms in total. The first-order chi connectivity index (χ1) is 11.1. The first kappa shape index (κ1) is 17.5. The Morgan fingerprint density at radius 1 is 1.35 bits per heavy atom. The molecule has 23 heavy (non-hydrogen) atoms. The largest absolute Gasteiger partial charge is 0.355 e. The van der Waals surface area contributed by atoms with E-state index in [-0.39, 0.29) is 17.9 Å². The van der Waals surface area contributed by atoms with Gasteiger partial charge in [0.2, 0.25) is 11.8 Å². The van der Waals surface area contributed by atoms with Crippen LogP contribution in [0.15, 0.2) is 30.3 Å². The number of nitrogens with one attached hydrogen (secondary N) is 1. The molecular formula is C18H27N3O2. The average Bonchev–Trinajstić information content (AvgIpc) is 2.96. The minimum atomic E-state index is 0.0306. The second-order valence-corrected chi connectivity index (χ2v) is 6.19. The van der Waals surface area contributed by atoms with E-state index < -0.39 is 0 Å². The third-order valence-corrected chi connectivity index (χ3v) is 4.43. The fraction of sp³-hybridized carbons (Fsp3) is 0.556. The standard InChI is InChI=1S/C18H27N3O2/c1-15(16-8-4-3-5-9-16)20(2)14-17(22)19-11-7-13-21-12-6-10-18(21)23/h3-5,8-9,15H,6-7,10-14H2,1-2H3,(H,19,22). The molecule has 0 aromatic heterocycles. The summed E-state index contributed by atoms with van der Waals surface area (Å²) in [4.78, 5) is 27.4. The number of carbonyl (C=O) groups excluding carboxylic acids is 2. The number of carbonyl (C=O) groups is 2. The molecule has 1 unspecified atom stereocenters. The Morgan fingerprint density at radius 3 is 2.74 bits per heavy atom. The van der Waals surface area contributed by atoms with E-state index in [1.807, 2.05) is 35.0 Å². The van der Waals surface area contributed by atoms with Gasteiger partial charge in [0.25, 0.3) is 0 Å². The lowest BCUT2D eigenvalue weighted by atomic mass is 10.1. The number of rotatable bonds is 8. The summed E-state index contributed by atoms with van der Waals surface area (Å²) < 4.78 is 0. The highest BCUT2D eigenvalue weighted by atomic mass is 16.2. The topological polar surface area (TPSA) is 52.7 Å². The maximum atomic E-state index is 12.0. The van der Waals surface area contributed by atoms with E-state index in [0.717, 1.165) is 25.9 Å². The summed E-state index contributed by atoms with van der Waals surface area (Å²) in [5.74, 6) is 0.274. The van der Waals surface area contributed by atoms with Crippen molar-refractivity contribution in [1.82, 2.24) is 15.1 Å². The van der Waals surface area contributed by atoms with Crippen molar-refractivity contribution in [3.05, 3.63) is 35.9 Å². The lowest BCUT2D eigenvalue weighted by Gasteiger charge is -2.24. The van der Waals surface area contributed by atoms with Crippen molar-refractivity contribution in [3.8, 4) is 0 Å². The zero-order chi connectivity index (χ0) is 16.7. The minimum Gasteiger partial charge on any atom is -0.355 e. The Labute approximate surface area is 138 Å². The molecule has 2 amide bonds. The van der Waals surface area contributed by atoms with Crippen LogP contribution in [-0.2, 0) is 9.59 Å². The Morgan fingerprint density at radius 2 is 2.09 bits per heavy atom. The lowest BCUT2D eigenvalue weighted by Crippen LogP contribution is -2.37. The van der Waals surface area contributed by atoms with Crippen LogP contribution in [0, 0.1) is 0 Å². The summed E-state index contributed by atoms with van der Waals surface area (Å²) in [6, 6.07) is 10.4. The molecule has 0 bridgehead atoms. The number of amides is 2. The van der Waals surface area contributed by atoms with Crippen LogP contribution in [0.1, 0.15) is 37.8 Å². The first-order valence-electron chi connectivity index (χ1n) is 8.37. The highest BCUT2D eigenvalue weighted by Crippen LogP contribution is 2.17. The van der Waals surface area contributed by atoms with E-state index in [9.17, 15) is 9.59 Å². The minimum absolute atomic E-state index is 0.0306. The number of likely N-dealkylation sites (N-methyl/N-ethyl adjacent to an activating group) is 1. The summed E-state index contributed by atoms with van der Waals surface area (Å²) in [5.41, 5.74) is 1.20. The molecule has 0 aliphatic carbocycles. The predicted octanol–water partition coefficient (Wildman–Crippen LogP) is 1.81. The van der Waals surface area contributed by atoms with Crippen molar-refractivity contribution in [2.45, 2.75) is 32.2 Å². The van der Waals surface area contributed by atoms with Gasteiger partial charge in [0.05, 0.1) is 6.54 Å². The molecule has 1 aromatic rings. The number of likely N-dealkylation sites (tertiary alicyclic amines) is 1. The number of hydrogen-bond acceptors (Lipinski definition) is 3. The zero-order valence-corrected chi connectivity index (χ0v) is 14.1. The number of benzene rings is 1. The van der Waals surface area contributed by atoms with Crippen molar-refractivity contribution in [1.29, 1.82) is 0 Å². The Hall–Kier alpha value is -1.88. The number of hydrogen-bond donors (Lipinski definition) is 1. The maximum Gasteiger partial charge on any atom is 0.234 e. The molecule has 1 saturated heterocycles. The molecule has 1 aliphatic heterocycles. The molecule has 2 rings (SSSR count). The number of nitrogens with zero attached hydrogens (tertiary/aromatic N) is 2. The molecule has 1 atom stereocenters. The van der Waals surface area contributed by atoms with Crippen LogP contribution in [0.25, 0.3) is 0 Å². The van der Waals surface area contributed by atoms with Crippen LogP contribution in [0.4, 0.5) is 0 Å². The van der Waals surface area contributed by atoms with Crippen LogP contribution in [0.3, 0.4) is 0 Å². The van der Waals surface area contributed by atoms with E-state index in [1.165, 1.54) is 5.56 Å². The zero-order valence-electron chi connectivity index (χ0n) is 14.1. The average molecular weight is 317 g/mol. The quantitative estimate of drug-likeness (QED) is 0.744. The van der Waals surface area contributed by atoms with Crippen molar-refractivity contribution in [2.24, 2.45) is 0 Å². The molecule has 1 aromatic carbocycles. The van der Waals surface area contributed by atoms with Gasteiger partial charge in [0, 0.05) is 32.1 Å². The smallest absolute Gasteiger partial charge is 0.234 e. The van der Waals surface area contributed by atoms with Crippen LogP contribution < -0.4 is 5.32 Å². The highest BCUT2D eigenvalue weighted by molar-refractivity contribution is 5.78. The molecule has 5 heteroatoms. The van der Waals surface area contributed by atoms with Gasteiger partial charge >= 0.3 is 0 Å². The van der Waals surface area contributed by atoms with Crippen LogP contribution >= 0.6 is 0 Å². The van der Waals surface area contributed by atoms with E-state index in [4.69, 9.17) is 0 Å². The van der Waals surface area contributed by atoms with Gasteiger partial charge in [-0.2, -0.15) is 0 Å². The predicted molar refractivity (Wildman–Crippen MR) is 90.9 cm³/mol. The molecular weight excluding hydrogens is 290 g/mol. The van der Waals surface area contributed by atoms with Gasteiger partial charge in [-0.15, -0.1) is 0 Å². The summed E-state index contributed by atoms with van der Waals surface area (Å²) in [6.07, 6.45) is 2.46. The van der Waals surface area contributed by atoms with Crippen LogP contribution in [0.5, 0.6) is 0 Å². The first-order valence-corrected chi connectivity index (χ1v) is 8.37. The normalized spacial score (nSPS) is 16.0. The summed E-state index contributed by atoms with van der Waals surface area (Å²) in [7, 11) is 1.96. The Bertz CT molecular complexity index is 518. The second kappa shape index (κ2) is 8.67. The highest BCUT2D eigenvalue weighted by Gasteiger charge is 2.19. The summed E-state index contributed by atoms with van der Waals surface area (Å²) in [6.45, 7) is 4.70. The van der Waals surface area contributed by atoms with Crippen molar-refractivity contribution in [3.63, 3.8) is 0 Å². The SMILES string of the molecule is CC(c1ccccc1)N(C)CC(=O)NCCCN1CCCC1=O. The summed E-state index contributed by atoms with van der Waals surface area (Å²) >= 11 is 0. The van der Waals surface area contributed by atoms with Gasteiger partial charge < -0.3 is 10.2 Å². The third-order valence-electron chi connectivity index (χ3n) is 4.43.